The van der Waals surface area contributed by atoms with Gasteiger partial charge in [-0.05, 0) is 61.7 Å². The molecule has 0 aliphatic carbocycles. The van der Waals surface area contributed by atoms with E-state index in [2.05, 4.69) is 17.0 Å². The van der Waals surface area contributed by atoms with Gasteiger partial charge in [-0.25, -0.2) is 13.2 Å². The molecule has 0 aromatic heterocycles. The zero-order chi connectivity index (χ0) is 31.7. The summed E-state index contributed by atoms with van der Waals surface area (Å²) in [6.45, 7) is 2.61. The molecule has 2 atom stereocenters. The Morgan fingerprint density at radius 2 is 1.33 bits per heavy atom. The number of benzene rings is 2. The number of unbranched alkanes of at least 4 members (excludes halogenated alkanes) is 10. The highest BCUT2D eigenvalue weighted by Crippen LogP contribution is 2.23. The molecule has 0 bridgehead atoms. The maximum atomic E-state index is 12.8. The molecule has 0 spiro atoms. The van der Waals surface area contributed by atoms with E-state index in [0.717, 1.165) is 51.4 Å². The number of aliphatic hydroxyl groups excluding tert-OH is 2. The molecule has 0 heterocycles. The fourth-order valence-corrected chi connectivity index (χ4v) is 5.89. The minimum absolute atomic E-state index is 0.0924. The number of nitrogens with two attached hydrogens (primary N) is 1. The smallest absolute Gasteiger partial charge is 0.337 e. The zero-order valence-electron chi connectivity index (χ0n) is 25.3. The van der Waals surface area contributed by atoms with Crippen molar-refractivity contribution in [2.45, 2.75) is 114 Å². The summed E-state index contributed by atoms with van der Waals surface area (Å²) < 4.78 is 27.8. The topological polar surface area (TPSA) is 179 Å². The van der Waals surface area contributed by atoms with Crippen LogP contribution in [0.15, 0.2) is 47.4 Å². The highest BCUT2D eigenvalue weighted by Gasteiger charge is 2.20. The van der Waals surface area contributed by atoms with Crippen molar-refractivity contribution in [1.82, 2.24) is 5.32 Å². The minimum Gasteiger partial charge on any atom is -0.478 e. The van der Waals surface area contributed by atoms with Gasteiger partial charge in [0.2, 0.25) is 0 Å². The number of hydrogen-bond acceptors (Lipinski definition) is 7. The summed E-state index contributed by atoms with van der Waals surface area (Å²) in [5.41, 5.74) is 5.64. The third kappa shape index (κ3) is 13.4. The maximum absolute atomic E-state index is 12.8. The first-order chi connectivity index (χ1) is 20.5. The molecular formula is C32H49N3O7S. The van der Waals surface area contributed by atoms with Gasteiger partial charge in [0.25, 0.3) is 15.9 Å². The van der Waals surface area contributed by atoms with Gasteiger partial charge in [-0.3, -0.25) is 9.52 Å². The lowest BCUT2D eigenvalue weighted by atomic mass is 9.99. The Kier molecular flexibility index (Phi) is 16.1. The van der Waals surface area contributed by atoms with Crippen LogP contribution in [-0.2, 0) is 10.0 Å². The number of carbonyl (C=O) groups is 2. The second-order valence-electron chi connectivity index (χ2n) is 11.1. The fourth-order valence-electron chi connectivity index (χ4n) is 4.82. The van der Waals surface area contributed by atoms with E-state index < -0.39 is 34.1 Å². The molecular weight excluding hydrogens is 570 g/mol. The van der Waals surface area contributed by atoms with Crippen LogP contribution in [0.25, 0.3) is 0 Å². The normalized spacial score (nSPS) is 12.9. The van der Waals surface area contributed by atoms with Crippen molar-refractivity contribution in [2.24, 2.45) is 0 Å². The van der Waals surface area contributed by atoms with Gasteiger partial charge in [0, 0.05) is 17.8 Å². The third-order valence-corrected chi connectivity index (χ3v) is 8.84. The summed E-state index contributed by atoms with van der Waals surface area (Å²) in [5, 5.41) is 32.7. The zero-order valence-corrected chi connectivity index (χ0v) is 26.1. The number of aliphatic hydroxyl groups is 2. The molecule has 0 radical (unpaired) electrons. The van der Waals surface area contributed by atoms with Crippen molar-refractivity contribution in [3.63, 3.8) is 0 Å². The van der Waals surface area contributed by atoms with Crippen molar-refractivity contribution >= 4 is 33.3 Å². The van der Waals surface area contributed by atoms with Crippen molar-refractivity contribution < 1.29 is 33.3 Å². The highest BCUT2D eigenvalue weighted by molar-refractivity contribution is 7.92. The number of rotatable bonds is 22. The quantitative estimate of drug-likeness (QED) is 0.0717. The van der Waals surface area contributed by atoms with Crippen LogP contribution in [0, 0.1) is 0 Å². The first kappa shape index (κ1) is 36.0. The number of anilines is 2. The highest BCUT2D eigenvalue weighted by atomic mass is 32.2. The van der Waals surface area contributed by atoms with Crippen LogP contribution in [0.1, 0.15) is 118 Å². The standard InChI is InChI=1S/C32H49N3O7S/c1-2-3-4-5-8-11-14-29(36)30(37)15-12-9-6-7-10-13-22-34-31(38)24-16-21-27(32(39)40)28(23-24)35-43(41,42)26-19-17-25(33)18-20-26/h16-21,23,29-30,35-37H,2-15,22,33H2,1H3,(H,34,38)(H,39,40). The monoisotopic (exact) mass is 619 g/mol. The molecule has 7 N–H and O–H groups in total. The molecule has 2 unspecified atom stereocenters. The summed E-state index contributed by atoms with van der Waals surface area (Å²) in [6.07, 6.45) is 12.4. The Bertz CT molecular complexity index is 1240. The lowest BCUT2D eigenvalue weighted by Gasteiger charge is -2.17. The molecule has 0 aliphatic rings. The van der Waals surface area contributed by atoms with Gasteiger partial charge < -0.3 is 26.4 Å². The van der Waals surface area contributed by atoms with E-state index in [4.69, 9.17) is 5.73 Å². The molecule has 0 saturated carbocycles. The molecule has 11 heteroatoms. The summed E-state index contributed by atoms with van der Waals surface area (Å²) in [4.78, 5) is 24.3. The summed E-state index contributed by atoms with van der Waals surface area (Å²) in [5.74, 6) is -1.76. The molecule has 240 valence electrons. The van der Waals surface area contributed by atoms with E-state index in [1.54, 1.807) is 0 Å². The molecule has 2 aromatic carbocycles. The van der Waals surface area contributed by atoms with Crippen molar-refractivity contribution in [1.29, 1.82) is 0 Å². The first-order valence-electron chi connectivity index (χ1n) is 15.4. The lowest BCUT2D eigenvalue weighted by molar-refractivity contribution is 0.00712. The van der Waals surface area contributed by atoms with E-state index in [1.165, 1.54) is 68.1 Å². The molecule has 2 rings (SSSR count). The predicted octanol–water partition coefficient (Wildman–Crippen LogP) is 5.70. The van der Waals surface area contributed by atoms with E-state index in [-0.39, 0.29) is 21.7 Å². The molecule has 43 heavy (non-hydrogen) atoms. The fraction of sp³-hybridized carbons (Fsp3) is 0.562. The minimum atomic E-state index is -4.11. The Balaban J connectivity index is 1.69. The molecule has 10 nitrogen and oxygen atoms in total. The Hall–Kier alpha value is -3.15. The van der Waals surface area contributed by atoms with Crippen LogP contribution in [0.3, 0.4) is 0 Å². The average Bonchev–Trinajstić information content (AvgIpc) is 2.97. The van der Waals surface area contributed by atoms with Crippen LogP contribution < -0.4 is 15.8 Å². The van der Waals surface area contributed by atoms with E-state index in [0.29, 0.717) is 25.1 Å². The third-order valence-electron chi connectivity index (χ3n) is 7.46. The van der Waals surface area contributed by atoms with Crippen LogP contribution >= 0.6 is 0 Å². The number of aromatic carboxylic acids is 1. The van der Waals surface area contributed by atoms with Crippen molar-refractivity contribution in [3.05, 3.63) is 53.6 Å². The largest absolute Gasteiger partial charge is 0.478 e. The molecule has 2 aromatic rings. The molecule has 0 fully saturated rings. The van der Waals surface area contributed by atoms with Gasteiger partial charge in [0.05, 0.1) is 28.4 Å². The summed E-state index contributed by atoms with van der Waals surface area (Å²) in [7, 11) is -4.11. The molecule has 0 aliphatic heterocycles. The van der Waals surface area contributed by atoms with E-state index >= 15 is 0 Å². The maximum Gasteiger partial charge on any atom is 0.337 e. The van der Waals surface area contributed by atoms with Crippen molar-refractivity contribution in [2.75, 3.05) is 17.0 Å². The van der Waals surface area contributed by atoms with E-state index in [1.807, 2.05) is 0 Å². The SMILES string of the molecule is CCCCCCCCC(O)C(O)CCCCCCCCNC(=O)c1ccc(C(=O)O)c(NS(=O)(=O)c2ccc(N)cc2)c1. The van der Waals surface area contributed by atoms with Crippen LogP contribution in [0.2, 0.25) is 0 Å². The number of carbonyl (C=O) groups excluding carboxylic acids is 1. The second-order valence-corrected chi connectivity index (χ2v) is 12.8. The number of carboxylic acids is 1. The van der Waals surface area contributed by atoms with Gasteiger partial charge in [-0.1, -0.05) is 77.6 Å². The van der Waals surface area contributed by atoms with Crippen molar-refractivity contribution in [3.8, 4) is 0 Å². The number of nitrogens with one attached hydrogen (secondary N) is 2. The van der Waals surface area contributed by atoms with Gasteiger partial charge >= 0.3 is 5.97 Å². The lowest BCUT2D eigenvalue weighted by Crippen LogP contribution is -2.25. The van der Waals surface area contributed by atoms with Crippen LogP contribution in [-0.4, -0.2) is 54.4 Å². The van der Waals surface area contributed by atoms with Gasteiger partial charge in [0.15, 0.2) is 0 Å². The van der Waals surface area contributed by atoms with Gasteiger partial charge in [-0.2, -0.15) is 0 Å². The molecule has 1 amide bonds. The van der Waals surface area contributed by atoms with Gasteiger partial charge in [0.1, 0.15) is 0 Å². The number of sulfonamides is 1. The molecule has 0 saturated heterocycles. The first-order valence-corrected chi connectivity index (χ1v) is 16.9. The Morgan fingerprint density at radius 3 is 1.88 bits per heavy atom. The average molecular weight is 620 g/mol. The predicted molar refractivity (Wildman–Crippen MR) is 170 cm³/mol. The van der Waals surface area contributed by atoms with Crippen LogP contribution in [0.5, 0.6) is 0 Å². The van der Waals surface area contributed by atoms with Crippen LogP contribution in [0.4, 0.5) is 11.4 Å². The number of nitrogen functional groups attached to an aromatic ring is 1. The Labute approximate surface area is 256 Å². The number of hydrogen-bond donors (Lipinski definition) is 6. The van der Waals surface area contributed by atoms with E-state index in [9.17, 15) is 33.3 Å². The number of carboxylic acid groups (broad SMARTS) is 1. The summed E-state index contributed by atoms with van der Waals surface area (Å²) in [6, 6.07) is 9.21. The summed E-state index contributed by atoms with van der Waals surface area (Å²) >= 11 is 0. The Morgan fingerprint density at radius 1 is 0.791 bits per heavy atom. The number of amides is 1. The van der Waals surface area contributed by atoms with Gasteiger partial charge in [-0.15, -0.1) is 0 Å². The second kappa shape index (κ2) is 19.2.